The van der Waals surface area contributed by atoms with Crippen LogP contribution >= 0.6 is 35.4 Å². The maximum absolute atomic E-state index is 12.0. The molecule has 0 saturated carbocycles. The Morgan fingerprint density at radius 2 is 1.83 bits per heavy atom. The second-order valence-electron chi connectivity index (χ2n) is 4.68. The van der Waals surface area contributed by atoms with Crippen LogP contribution in [0.5, 0.6) is 0 Å². The SMILES string of the molecule is O=C(NC(=S)NCc1ccc(Cl)cc1Cl)c1ccc([N+](=O)[O-])cc1. The van der Waals surface area contributed by atoms with E-state index >= 15 is 0 Å². The summed E-state index contributed by atoms with van der Waals surface area (Å²) in [4.78, 5) is 22.1. The molecule has 0 atom stereocenters. The molecule has 0 bridgehead atoms. The molecule has 2 aromatic rings. The van der Waals surface area contributed by atoms with Crippen molar-refractivity contribution < 1.29 is 9.72 Å². The number of nitrogens with zero attached hydrogens (tertiary/aromatic N) is 1. The third kappa shape index (κ3) is 4.89. The highest BCUT2D eigenvalue weighted by molar-refractivity contribution is 7.80. The van der Waals surface area contributed by atoms with Gasteiger partial charge in [0.1, 0.15) is 0 Å². The molecule has 0 spiro atoms. The molecule has 0 aliphatic rings. The van der Waals surface area contributed by atoms with E-state index in [9.17, 15) is 14.9 Å². The number of carbonyl (C=O) groups is 1. The van der Waals surface area contributed by atoms with Crippen molar-refractivity contribution in [2.24, 2.45) is 0 Å². The topological polar surface area (TPSA) is 84.3 Å². The van der Waals surface area contributed by atoms with Crippen LogP contribution in [0.15, 0.2) is 42.5 Å². The fourth-order valence-electron chi connectivity index (χ4n) is 1.79. The summed E-state index contributed by atoms with van der Waals surface area (Å²) in [5.41, 5.74) is 0.937. The largest absolute Gasteiger partial charge is 0.358 e. The van der Waals surface area contributed by atoms with Gasteiger partial charge in [-0.2, -0.15) is 0 Å². The third-order valence-electron chi connectivity index (χ3n) is 3.02. The minimum atomic E-state index is -0.538. The lowest BCUT2D eigenvalue weighted by Gasteiger charge is -2.10. The molecule has 2 aromatic carbocycles. The van der Waals surface area contributed by atoms with Crippen molar-refractivity contribution in [1.29, 1.82) is 0 Å². The molecule has 0 aliphatic carbocycles. The Labute approximate surface area is 152 Å². The molecule has 0 saturated heterocycles. The number of nitro benzene ring substituents is 1. The van der Waals surface area contributed by atoms with Crippen molar-refractivity contribution >= 4 is 52.1 Å². The lowest BCUT2D eigenvalue weighted by atomic mass is 10.2. The van der Waals surface area contributed by atoms with Crippen molar-refractivity contribution in [2.75, 3.05) is 0 Å². The van der Waals surface area contributed by atoms with Gasteiger partial charge in [-0.3, -0.25) is 20.2 Å². The molecule has 9 heteroatoms. The van der Waals surface area contributed by atoms with Crippen LogP contribution in [0, 0.1) is 10.1 Å². The fourth-order valence-corrected chi connectivity index (χ4v) is 2.43. The predicted octanol–water partition coefficient (Wildman–Crippen LogP) is 3.71. The van der Waals surface area contributed by atoms with Crippen LogP contribution in [0.2, 0.25) is 10.0 Å². The van der Waals surface area contributed by atoms with E-state index in [4.69, 9.17) is 35.4 Å². The second-order valence-corrected chi connectivity index (χ2v) is 5.93. The number of thiocarbonyl (C=S) groups is 1. The average Bonchev–Trinajstić information content (AvgIpc) is 2.54. The summed E-state index contributed by atoms with van der Waals surface area (Å²) in [6.45, 7) is 0.315. The standard InChI is InChI=1S/C15H11Cl2N3O3S/c16-11-4-1-10(13(17)7-11)8-18-15(24)19-14(21)9-2-5-12(6-3-9)20(22)23/h1-7H,8H2,(H2,18,19,21,24). The number of nitro groups is 1. The van der Waals surface area contributed by atoms with Crippen molar-refractivity contribution in [3.63, 3.8) is 0 Å². The molecular formula is C15H11Cl2N3O3S. The van der Waals surface area contributed by atoms with Crippen molar-refractivity contribution in [2.45, 2.75) is 6.54 Å². The van der Waals surface area contributed by atoms with E-state index in [0.717, 1.165) is 5.56 Å². The predicted molar refractivity (Wildman–Crippen MR) is 96.5 cm³/mol. The summed E-state index contributed by atoms with van der Waals surface area (Å²) in [6, 6.07) is 10.3. The van der Waals surface area contributed by atoms with Crippen molar-refractivity contribution in [3.8, 4) is 0 Å². The summed E-state index contributed by atoms with van der Waals surface area (Å²) in [6.07, 6.45) is 0. The Hall–Kier alpha value is -2.22. The van der Waals surface area contributed by atoms with Crippen LogP contribution in [0.25, 0.3) is 0 Å². The van der Waals surface area contributed by atoms with Gasteiger partial charge in [0.05, 0.1) is 4.92 Å². The van der Waals surface area contributed by atoms with Gasteiger partial charge in [-0.25, -0.2) is 0 Å². The van der Waals surface area contributed by atoms with E-state index < -0.39 is 10.8 Å². The lowest BCUT2D eigenvalue weighted by Crippen LogP contribution is -2.38. The summed E-state index contributed by atoms with van der Waals surface area (Å²) in [5, 5.41) is 17.1. The second kappa shape index (κ2) is 8.05. The van der Waals surface area contributed by atoms with Gasteiger partial charge in [-0.1, -0.05) is 29.3 Å². The molecule has 24 heavy (non-hydrogen) atoms. The van der Waals surface area contributed by atoms with Crippen LogP contribution in [0.1, 0.15) is 15.9 Å². The van der Waals surface area contributed by atoms with E-state index in [2.05, 4.69) is 10.6 Å². The van der Waals surface area contributed by atoms with E-state index in [0.29, 0.717) is 16.6 Å². The monoisotopic (exact) mass is 383 g/mol. The van der Waals surface area contributed by atoms with Gasteiger partial charge in [0, 0.05) is 34.3 Å². The van der Waals surface area contributed by atoms with Gasteiger partial charge in [0.2, 0.25) is 0 Å². The molecule has 2 rings (SSSR count). The zero-order valence-corrected chi connectivity index (χ0v) is 14.4. The Kier molecular flexibility index (Phi) is 6.08. The van der Waals surface area contributed by atoms with Gasteiger partial charge >= 0.3 is 0 Å². The minimum Gasteiger partial charge on any atom is -0.358 e. The number of hydrogen-bond donors (Lipinski definition) is 2. The fraction of sp³-hybridized carbons (Fsp3) is 0.0667. The first kappa shape index (κ1) is 18.1. The summed E-state index contributed by atoms with van der Waals surface area (Å²) >= 11 is 16.9. The van der Waals surface area contributed by atoms with Gasteiger partial charge in [0.15, 0.2) is 5.11 Å². The quantitative estimate of drug-likeness (QED) is 0.477. The maximum Gasteiger partial charge on any atom is 0.269 e. The van der Waals surface area contributed by atoms with Gasteiger partial charge in [0.25, 0.3) is 11.6 Å². The number of hydrogen-bond acceptors (Lipinski definition) is 4. The summed E-state index contributed by atoms with van der Waals surface area (Å²) in [5.74, 6) is -0.468. The van der Waals surface area contributed by atoms with E-state index in [1.54, 1.807) is 18.2 Å². The Bertz CT molecular complexity index is 797. The number of carbonyl (C=O) groups excluding carboxylic acids is 1. The van der Waals surface area contributed by atoms with Crippen LogP contribution < -0.4 is 10.6 Å². The Morgan fingerprint density at radius 1 is 1.17 bits per heavy atom. The Morgan fingerprint density at radius 3 is 2.42 bits per heavy atom. The summed E-state index contributed by atoms with van der Waals surface area (Å²) in [7, 11) is 0. The molecule has 1 amide bonds. The minimum absolute atomic E-state index is 0.0929. The highest BCUT2D eigenvalue weighted by Crippen LogP contribution is 2.20. The zero-order chi connectivity index (χ0) is 17.7. The number of nitrogens with one attached hydrogen (secondary N) is 2. The molecule has 6 nitrogen and oxygen atoms in total. The molecule has 0 heterocycles. The number of non-ortho nitro benzene ring substituents is 1. The van der Waals surface area contributed by atoms with Crippen LogP contribution in [-0.2, 0) is 6.54 Å². The van der Waals surface area contributed by atoms with E-state index in [1.807, 2.05) is 0 Å². The van der Waals surface area contributed by atoms with Gasteiger partial charge in [-0.05, 0) is 42.0 Å². The Balaban J connectivity index is 1.91. The van der Waals surface area contributed by atoms with E-state index in [1.165, 1.54) is 24.3 Å². The normalized spacial score (nSPS) is 10.1. The highest BCUT2D eigenvalue weighted by atomic mass is 35.5. The first-order valence-corrected chi connectivity index (χ1v) is 7.81. The van der Waals surface area contributed by atoms with Crippen LogP contribution in [0.4, 0.5) is 5.69 Å². The lowest BCUT2D eigenvalue weighted by molar-refractivity contribution is -0.384. The van der Waals surface area contributed by atoms with Crippen LogP contribution in [0.3, 0.4) is 0 Å². The maximum atomic E-state index is 12.0. The number of rotatable bonds is 4. The molecule has 0 fully saturated rings. The molecule has 124 valence electrons. The zero-order valence-electron chi connectivity index (χ0n) is 12.1. The molecule has 0 radical (unpaired) electrons. The number of amides is 1. The molecule has 2 N–H and O–H groups in total. The van der Waals surface area contributed by atoms with Gasteiger partial charge in [-0.15, -0.1) is 0 Å². The molecular weight excluding hydrogens is 373 g/mol. The van der Waals surface area contributed by atoms with Crippen LogP contribution in [-0.4, -0.2) is 15.9 Å². The first-order valence-electron chi connectivity index (χ1n) is 6.64. The number of benzene rings is 2. The van der Waals surface area contributed by atoms with Crippen molar-refractivity contribution in [1.82, 2.24) is 10.6 Å². The summed E-state index contributed by atoms with van der Waals surface area (Å²) < 4.78 is 0. The molecule has 0 aliphatic heterocycles. The first-order chi connectivity index (χ1) is 11.4. The molecule has 0 aromatic heterocycles. The number of halogens is 2. The average molecular weight is 384 g/mol. The highest BCUT2D eigenvalue weighted by Gasteiger charge is 2.11. The molecule has 0 unspecified atom stereocenters. The van der Waals surface area contributed by atoms with E-state index in [-0.39, 0.29) is 16.4 Å². The smallest absolute Gasteiger partial charge is 0.269 e. The third-order valence-corrected chi connectivity index (χ3v) is 3.86. The van der Waals surface area contributed by atoms with Gasteiger partial charge < -0.3 is 5.32 Å². The van der Waals surface area contributed by atoms with Crippen molar-refractivity contribution in [3.05, 3.63) is 73.8 Å².